The highest BCUT2D eigenvalue weighted by Crippen LogP contribution is 2.48. The standard InChI is InChI=1S/C17H15N3O/c1-20-14-9-5-8-12-15(14)13(10-18-19-17(12)21)16(20)11-6-3-2-4-7-11/h2-10,13,16H,1H3,(H,19,21). The van der Waals surface area contributed by atoms with Gasteiger partial charge in [0, 0.05) is 30.4 Å². The van der Waals surface area contributed by atoms with E-state index >= 15 is 0 Å². The van der Waals surface area contributed by atoms with Gasteiger partial charge in [-0.05, 0) is 23.3 Å². The number of anilines is 1. The summed E-state index contributed by atoms with van der Waals surface area (Å²) >= 11 is 0. The van der Waals surface area contributed by atoms with Crippen molar-refractivity contribution in [2.24, 2.45) is 5.10 Å². The number of likely N-dealkylation sites (N-methyl/N-ethyl adjacent to an activating group) is 1. The molecule has 4 nitrogen and oxygen atoms in total. The number of rotatable bonds is 1. The number of nitrogens with one attached hydrogen (secondary N) is 1. The lowest BCUT2D eigenvalue weighted by atomic mass is 9.88. The summed E-state index contributed by atoms with van der Waals surface area (Å²) in [4.78, 5) is 14.4. The molecule has 2 aliphatic heterocycles. The van der Waals surface area contributed by atoms with Gasteiger partial charge >= 0.3 is 0 Å². The normalized spacial score (nSPS) is 22.7. The Morgan fingerprint density at radius 3 is 2.71 bits per heavy atom. The number of amides is 1. The smallest absolute Gasteiger partial charge is 0.271 e. The van der Waals surface area contributed by atoms with Crippen molar-refractivity contribution in [2.75, 3.05) is 11.9 Å². The van der Waals surface area contributed by atoms with Crippen LogP contribution in [0.5, 0.6) is 0 Å². The van der Waals surface area contributed by atoms with Crippen LogP contribution >= 0.6 is 0 Å². The summed E-state index contributed by atoms with van der Waals surface area (Å²) in [6, 6.07) is 16.4. The van der Waals surface area contributed by atoms with E-state index < -0.39 is 0 Å². The fourth-order valence-electron chi connectivity index (χ4n) is 3.43. The Hall–Kier alpha value is -2.62. The van der Waals surface area contributed by atoms with Gasteiger partial charge < -0.3 is 4.90 Å². The molecule has 104 valence electrons. The minimum atomic E-state index is -0.132. The molecule has 2 atom stereocenters. The molecular formula is C17H15N3O. The van der Waals surface area contributed by atoms with Crippen LogP contribution in [0.2, 0.25) is 0 Å². The highest BCUT2D eigenvalue weighted by Gasteiger charge is 2.40. The average Bonchev–Trinajstić information content (AvgIpc) is 2.69. The monoisotopic (exact) mass is 277 g/mol. The molecule has 0 radical (unpaired) electrons. The summed E-state index contributed by atoms with van der Waals surface area (Å²) in [5.74, 6) is -0.0461. The lowest BCUT2D eigenvalue weighted by Crippen LogP contribution is -2.23. The predicted octanol–water partition coefficient (Wildman–Crippen LogP) is 2.69. The largest absolute Gasteiger partial charge is 0.366 e. The molecule has 1 N–H and O–H groups in total. The van der Waals surface area contributed by atoms with E-state index in [0.29, 0.717) is 0 Å². The van der Waals surface area contributed by atoms with Crippen LogP contribution < -0.4 is 10.3 Å². The van der Waals surface area contributed by atoms with Crippen LogP contribution in [-0.2, 0) is 0 Å². The fraction of sp³-hybridized carbons (Fsp3) is 0.176. The Balaban J connectivity index is 1.93. The Kier molecular flexibility index (Phi) is 2.57. The first-order chi connectivity index (χ1) is 10.3. The van der Waals surface area contributed by atoms with Crippen LogP contribution in [0, 0.1) is 0 Å². The molecule has 21 heavy (non-hydrogen) atoms. The lowest BCUT2D eigenvalue weighted by molar-refractivity contribution is 0.0955. The Labute approximate surface area is 123 Å². The van der Waals surface area contributed by atoms with Crippen LogP contribution in [-0.4, -0.2) is 19.2 Å². The van der Waals surface area contributed by atoms with Crippen LogP contribution in [0.1, 0.15) is 33.4 Å². The Bertz CT molecular complexity index is 739. The van der Waals surface area contributed by atoms with Gasteiger partial charge in [0.05, 0.1) is 6.04 Å². The molecule has 0 spiro atoms. The van der Waals surface area contributed by atoms with E-state index in [4.69, 9.17) is 0 Å². The number of hydrogen-bond acceptors (Lipinski definition) is 3. The maximum absolute atomic E-state index is 12.1. The quantitative estimate of drug-likeness (QED) is 0.871. The van der Waals surface area contributed by atoms with E-state index in [2.05, 4.69) is 40.7 Å². The van der Waals surface area contributed by atoms with Crippen molar-refractivity contribution in [3.8, 4) is 0 Å². The van der Waals surface area contributed by atoms with Gasteiger partial charge in [-0.1, -0.05) is 36.4 Å². The van der Waals surface area contributed by atoms with Gasteiger partial charge in [0.25, 0.3) is 5.91 Å². The average molecular weight is 277 g/mol. The molecule has 2 aromatic carbocycles. The van der Waals surface area contributed by atoms with Gasteiger partial charge in [-0.3, -0.25) is 4.79 Å². The molecular weight excluding hydrogens is 262 g/mol. The zero-order valence-electron chi connectivity index (χ0n) is 11.7. The Morgan fingerprint density at radius 1 is 1.10 bits per heavy atom. The summed E-state index contributed by atoms with van der Waals surface area (Å²) in [5.41, 5.74) is 6.73. The molecule has 2 unspecified atom stereocenters. The summed E-state index contributed by atoms with van der Waals surface area (Å²) < 4.78 is 0. The third-order valence-corrected chi connectivity index (χ3v) is 4.34. The second kappa shape index (κ2) is 4.45. The molecule has 0 fully saturated rings. The number of nitrogens with zero attached hydrogens (tertiary/aromatic N) is 2. The van der Waals surface area contributed by atoms with Crippen molar-refractivity contribution in [1.82, 2.24) is 5.43 Å². The molecule has 2 aromatic rings. The minimum absolute atomic E-state index is 0.0857. The highest BCUT2D eigenvalue weighted by molar-refractivity contribution is 6.01. The van der Waals surface area contributed by atoms with Crippen molar-refractivity contribution in [3.05, 3.63) is 65.2 Å². The maximum atomic E-state index is 12.1. The molecule has 0 aliphatic carbocycles. The van der Waals surface area contributed by atoms with Gasteiger partial charge in [0.15, 0.2) is 0 Å². The van der Waals surface area contributed by atoms with Crippen molar-refractivity contribution in [1.29, 1.82) is 0 Å². The molecule has 0 bridgehead atoms. The number of carbonyl (C=O) groups is 1. The molecule has 0 saturated heterocycles. The van der Waals surface area contributed by atoms with Crippen molar-refractivity contribution in [3.63, 3.8) is 0 Å². The lowest BCUT2D eigenvalue weighted by Gasteiger charge is -2.25. The van der Waals surface area contributed by atoms with E-state index in [1.807, 2.05) is 36.5 Å². The predicted molar refractivity (Wildman–Crippen MR) is 82.7 cm³/mol. The number of hydrazone groups is 1. The van der Waals surface area contributed by atoms with Gasteiger partial charge in [-0.15, -0.1) is 0 Å². The molecule has 0 aromatic heterocycles. The van der Waals surface area contributed by atoms with Crippen LogP contribution in [0.25, 0.3) is 0 Å². The Morgan fingerprint density at radius 2 is 1.90 bits per heavy atom. The number of hydrogen-bond donors (Lipinski definition) is 1. The minimum Gasteiger partial charge on any atom is -0.366 e. The molecule has 4 rings (SSSR count). The van der Waals surface area contributed by atoms with Gasteiger partial charge in [0.1, 0.15) is 0 Å². The topological polar surface area (TPSA) is 44.7 Å². The summed E-state index contributed by atoms with van der Waals surface area (Å²) in [7, 11) is 2.08. The molecule has 2 heterocycles. The first kappa shape index (κ1) is 12.1. The van der Waals surface area contributed by atoms with Gasteiger partial charge in [0.2, 0.25) is 0 Å². The SMILES string of the molecule is CN1c2cccc3c2C(C=NNC3=O)C1c1ccccc1. The fourth-order valence-corrected chi connectivity index (χ4v) is 3.43. The van der Waals surface area contributed by atoms with Gasteiger partial charge in [-0.2, -0.15) is 5.10 Å². The summed E-state index contributed by atoms with van der Waals surface area (Å²) in [6.45, 7) is 0. The van der Waals surface area contributed by atoms with Crippen LogP contribution in [0.3, 0.4) is 0 Å². The van der Waals surface area contributed by atoms with E-state index in [-0.39, 0.29) is 17.9 Å². The third kappa shape index (κ3) is 1.69. The third-order valence-electron chi connectivity index (χ3n) is 4.34. The van der Waals surface area contributed by atoms with E-state index in [0.717, 1.165) is 16.8 Å². The van der Waals surface area contributed by atoms with Crippen LogP contribution in [0.4, 0.5) is 5.69 Å². The number of benzene rings is 2. The molecule has 2 aliphatic rings. The zero-order valence-corrected chi connectivity index (χ0v) is 11.7. The highest BCUT2D eigenvalue weighted by atomic mass is 16.2. The van der Waals surface area contributed by atoms with Crippen molar-refractivity contribution >= 4 is 17.8 Å². The zero-order chi connectivity index (χ0) is 14.4. The van der Waals surface area contributed by atoms with Crippen molar-refractivity contribution < 1.29 is 4.79 Å². The summed E-state index contributed by atoms with van der Waals surface area (Å²) in [6.07, 6.45) is 1.86. The van der Waals surface area contributed by atoms with Crippen LogP contribution in [0.15, 0.2) is 53.6 Å². The second-order valence-corrected chi connectivity index (χ2v) is 5.45. The molecule has 1 amide bonds. The second-order valence-electron chi connectivity index (χ2n) is 5.45. The van der Waals surface area contributed by atoms with E-state index in [1.54, 1.807) is 0 Å². The maximum Gasteiger partial charge on any atom is 0.271 e. The first-order valence-corrected chi connectivity index (χ1v) is 7.01. The molecule has 4 heteroatoms. The summed E-state index contributed by atoms with van der Waals surface area (Å²) in [5, 5.41) is 4.11. The number of carbonyl (C=O) groups excluding carboxylic acids is 1. The van der Waals surface area contributed by atoms with E-state index in [1.165, 1.54) is 5.56 Å². The molecule has 0 saturated carbocycles. The van der Waals surface area contributed by atoms with E-state index in [9.17, 15) is 4.79 Å². The van der Waals surface area contributed by atoms with Crippen molar-refractivity contribution in [2.45, 2.75) is 12.0 Å². The van der Waals surface area contributed by atoms with Gasteiger partial charge in [-0.25, -0.2) is 5.43 Å². The first-order valence-electron chi connectivity index (χ1n) is 7.01.